The molecule has 0 fully saturated rings. The standard InChI is InChI=1S/C33H26N4O13S4/c38-25-17-7-19-3-1-5-27(53(45,46)47)29(19)31(25)36-51(41,42)23-13-9-21(10-14-23)34-33(40)35-22-11-15-24(16-12-22)52(43,44)37-32-26(39)18-8-20-4-2-6-28(30(20)32)54(48,49)50/h1-18,36-39H,(H2,34,35,40)(H,45,46,47)(H,48,49,50). The van der Waals surface area contributed by atoms with E-state index in [0.29, 0.717) is 0 Å². The Bertz CT molecular complexity index is 2740. The number of hydrogen-bond acceptors (Lipinski definition) is 11. The second-order valence-corrected chi connectivity index (χ2v) is 17.6. The van der Waals surface area contributed by atoms with Gasteiger partial charge in [0.15, 0.2) is 0 Å². The molecule has 0 atom stereocenters. The van der Waals surface area contributed by atoms with Crippen LogP contribution in [0, 0.1) is 0 Å². The SMILES string of the molecule is O=C(Nc1ccc(S(=O)(=O)Nc2c(O)ccc3cccc(S(=O)(=O)O)c23)cc1)Nc1ccc(S(=O)(=O)Nc2c(O)ccc3cccc(S(=O)(=O)O)c23)cc1. The van der Waals surface area contributed by atoms with Gasteiger partial charge in [-0.3, -0.25) is 18.5 Å². The molecule has 6 aromatic rings. The molecule has 0 aliphatic rings. The minimum atomic E-state index is -4.82. The molecule has 0 unspecified atom stereocenters. The second kappa shape index (κ2) is 13.8. The lowest BCUT2D eigenvalue weighted by molar-refractivity contribution is 0.262. The number of sulfonamides is 2. The summed E-state index contributed by atoms with van der Waals surface area (Å²) < 4.78 is 125. The van der Waals surface area contributed by atoms with Gasteiger partial charge in [-0.05, 0) is 83.6 Å². The van der Waals surface area contributed by atoms with E-state index >= 15 is 0 Å². The van der Waals surface area contributed by atoms with Crippen LogP contribution in [-0.2, 0) is 40.3 Å². The maximum Gasteiger partial charge on any atom is 0.323 e. The molecule has 0 aliphatic heterocycles. The smallest absolute Gasteiger partial charge is 0.323 e. The molecule has 0 bridgehead atoms. The summed E-state index contributed by atoms with van der Waals surface area (Å²) in [7, 11) is -18.6. The first-order chi connectivity index (χ1) is 25.2. The quantitative estimate of drug-likeness (QED) is 0.0657. The summed E-state index contributed by atoms with van der Waals surface area (Å²) in [6, 6.07) is 21.2. The number of phenolic OH excluding ortho intramolecular Hbond substituents is 2. The van der Waals surface area contributed by atoms with Crippen molar-refractivity contribution in [2.75, 3.05) is 20.1 Å². The molecular weight excluding hydrogens is 789 g/mol. The molecule has 21 heteroatoms. The van der Waals surface area contributed by atoms with Gasteiger partial charge in [-0.25, -0.2) is 21.6 Å². The molecule has 0 spiro atoms. The third kappa shape index (κ3) is 7.71. The Hall–Kier alpha value is -5.97. The number of fused-ring (bicyclic) bond motifs is 2. The zero-order valence-corrected chi connectivity index (χ0v) is 30.3. The van der Waals surface area contributed by atoms with Crippen molar-refractivity contribution in [2.24, 2.45) is 0 Å². The minimum Gasteiger partial charge on any atom is -0.506 e. The molecule has 6 aromatic carbocycles. The molecule has 54 heavy (non-hydrogen) atoms. The van der Waals surface area contributed by atoms with Crippen molar-refractivity contribution in [1.29, 1.82) is 0 Å². The highest BCUT2D eigenvalue weighted by Crippen LogP contribution is 2.39. The molecule has 0 saturated carbocycles. The van der Waals surface area contributed by atoms with Crippen LogP contribution >= 0.6 is 0 Å². The zero-order chi connectivity index (χ0) is 39.2. The highest BCUT2D eigenvalue weighted by atomic mass is 32.2. The summed E-state index contributed by atoms with van der Waals surface area (Å²) in [5, 5.41) is 25.7. The van der Waals surface area contributed by atoms with Crippen molar-refractivity contribution >= 4 is 90.6 Å². The molecule has 6 rings (SSSR count). The Labute approximate surface area is 307 Å². The van der Waals surface area contributed by atoms with E-state index < -0.39 is 79.0 Å². The third-order valence-corrected chi connectivity index (χ3v) is 12.4. The van der Waals surface area contributed by atoms with Crippen molar-refractivity contribution in [2.45, 2.75) is 19.6 Å². The Morgan fingerprint density at radius 3 is 1.15 bits per heavy atom. The lowest BCUT2D eigenvalue weighted by atomic mass is 10.1. The molecule has 17 nitrogen and oxygen atoms in total. The molecule has 2 amide bonds. The molecule has 280 valence electrons. The zero-order valence-electron chi connectivity index (χ0n) is 27.0. The van der Waals surface area contributed by atoms with Gasteiger partial charge in [0.05, 0.1) is 21.2 Å². The van der Waals surface area contributed by atoms with E-state index in [9.17, 15) is 57.8 Å². The summed E-state index contributed by atoms with van der Waals surface area (Å²) in [5.74, 6) is -1.23. The first-order valence-corrected chi connectivity index (χ1v) is 20.9. The van der Waals surface area contributed by atoms with E-state index in [1.54, 1.807) is 0 Å². The first kappa shape index (κ1) is 37.8. The molecule has 0 heterocycles. The highest BCUT2D eigenvalue weighted by molar-refractivity contribution is 7.93. The molecule has 0 radical (unpaired) electrons. The number of carbonyl (C=O) groups is 1. The first-order valence-electron chi connectivity index (χ1n) is 15.0. The fourth-order valence-corrected chi connectivity index (χ4v) is 9.05. The van der Waals surface area contributed by atoms with E-state index in [0.717, 1.165) is 48.5 Å². The normalized spacial score (nSPS) is 12.3. The molecule has 0 aliphatic carbocycles. The van der Waals surface area contributed by atoms with Crippen LogP contribution in [0.25, 0.3) is 21.5 Å². The maximum absolute atomic E-state index is 13.2. The van der Waals surface area contributed by atoms with Gasteiger partial charge in [0, 0.05) is 22.1 Å². The van der Waals surface area contributed by atoms with Crippen LogP contribution in [0.1, 0.15) is 0 Å². The monoisotopic (exact) mass is 814 g/mol. The number of anilines is 4. The van der Waals surface area contributed by atoms with E-state index in [2.05, 4.69) is 20.1 Å². The average molecular weight is 815 g/mol. The Morgan fingerprint density at radius 1 is 0.463 bits per heavy atom. The van der Waals surface area contributed by atoms with Crippen LogP contribution in [0.3, 0.4) is 0 Å². The van der Waals surface area contributed by atoms with E-state index in [1.807, 2.05) is 0 Å². The lowest BCUT2D eigenvalue weighted by Crippen LogP contribution is -2.20. The number of carbonyl (C=O) groups excluding carboxylic acids is 1. The second-order valence-electron chi connectivity index (χ2n) is 11.4. The number of phenols is 2. The van der Waals surface area contributed by atoms with Gasteiger partial charge in [0.2, 0.25) is 0 Å². The van der Waals surface area contributed by atoms with Gasteiger partial charge in [-0.15, -0.1) is 0 Å². The van der Waals surface area contributed by atoms with Crippen LogP contribution in [0.15, 0.2) is 129 Å². The van der Waals surface area contributed by atoms with Gasteiger partial charge in [0.1, 0.15) is 21.3 Å². The number of hydrogen-bond donors (Lipinski definition) is 8. The topological polar surface area (TPSA) is 283 Å². The summed E-state index contributed by atoms with van der Waals surface area (Å²) in [6.45, 7) is 0. The van der Waals surface area contributed by atoms with Crippen molar-refractivity contribution in [3.05, 3.63) is 109 Å². The maximum atomic E-state index is 13.2. The number of rotatable bonds is 10. The lowest BCUT2D eigenvalue weighted by Gasteiger charge is -2.15. The fraction of sp³-hybridized carbons (Fsp3) is 0. The number of amides is 2. The summed E-state index contributed by atoms with van der Waals surface area (Å²) in [5.41, 5.74) is -0.740. The molecule has 0 aromatic heterocycles. The van der Waals surface area contributed by atoms with Crippen molar-refractivity contribution in [3.63, 3.8) is 0 Å². The van der Waals surface area contributed by atoms with E-state index in [4.69, 9.17) is 0 Å². The van der Waals surface area contributed by atoms with Gasteiger partial charge >= 0.3 is 6.03 Å². The van der Waals surface area contributed by atoms with Gasteiger partial charge in [-0.1, -0.05) is 36.4 Å². The fourth-order valence-electron chi connectivity index (χ4n) is 5.42. The number of aromatic hydroxyl groups is 2. The van der Waals surface area contributed by atoms with Gasteiger partial charge in [-0.2, -0.15) is 16.8 Å². The summed E-state index contributed by atoms with van der Waals surface area (Å²) in [4.78, 5) is 10.7. The van der Waals surface area contributed by atoms with Crippen molar-refractivity contribution in [3.8, 4) is 11.5 Å². The van der Waals surface area contributed by atoms with Crippen LogP contribution in [0.2, 0.25) is 0 Å². The largest absolute Gasteiger partial charge is 0.506 e. The summed E-state index contributed by atoms with van der Waals surface area (Å²) in [6.07, 6.45) is 0. The molecule has 8 N–H and O–H groups in total. The Balaban J connectivity index is 1.15. The van der Waals surface area contributed by atoms with Crippen LogP contribution in [0.4, 0.5) is 27.5 Å². The molecular formula is C33H26N4O13S4. The Morgan fingerprint density at radius 2 is 0.815 bits per heavy atom. The van der Waals surface area contributed by atoms with Crippen LogP contribution in [-0.4, -0.2) is 59.0 Å². The van der Waals surface area contributed by atoms with E-state index in [-0.39, 0.29) is 42.7 Å². The van der Waals surface area contributed by atoms with Crippen LogP contribution < -0.4 is 20.1 Å². The Kier molecular flexibility index (Phi) is 9.64. The number of nitrogens with one attached hydrogen (secondary N) is 4. The van der Waals surface area contributed by atoms with Gasteiger partial charge < -0.3 is 20.8 Å². The molecule has 0 saturated heterocycles. The predicted octanol–water partition coefficient (Wildman–Crippen LogP) is 5.14. The highest BCUT2D eigenvalue weighted by Gasteiger charge is 2.25. The summed E-state index contributed by atoms with van der Waals surface area (Å²) >= 11 is 0. The van der Waals surface area contributed by atoms with Crippen LogP contribution in [0.5, 0.6) is 11.5 Å². The third-order valence-electron chi connectivity index (χ3n) is 7.84. The van der Waals surface area contributed by atoms with Crippen molar-refractivity contribution < 1.29 is 57.8 Å². The average Bonchev–Trinajstić information content (AvgIpc) is 3.10. The number of benzene rings is 6. The van der Waals surface area contributed by atoms with Gasteiger partial charge in [0.25, 0.3) is 40.3 Å². The van der Waals surface area contributed by atoms with Crippen molar-refractivity contribution in [1.82, 2.24) is 0 Å². The minimum absolute atomic E-state index is 0.121. The predicted molar refractivity (Wildman–Crippen MR) is 198 cm³/mol. The van der Waals surface area contributed by atoms with E-state index in [1.165, 1.54) is 60.7 Å². The number of urea groups is 1.